The van der Waals surface area contributed by atoms with E-state index in [1.54, 1.807) is 36.4 Å². The zero-order chi connectivity index (χ0) is 55.6. The number of carboxylic acids is 1. The molecule has 0 heterocycles. The summed E-state index contributed by atoms with van der Waals surface area (Å²) in [6, 6.07) is 21.5. The third kappa shape index (κ3) is 32.6. The van der Waals surface area contributed by atoms with Gasteiger partial charge in [-0.2, -0.15) is 9.78 Å². The molecule has 16 nitrogen and oxygen atoms in total. The second-order valence-corrected chi connectivity index (χ2v) is 19.3. The van der Waals surface area contributed by atoms with Crippen LogP contribution in [0.3, 0.4) is 0 Å². The second kappa shape index (κ2) is 41.6. The Hall–Kier alpha value is -6.52. The highest BCUT2D eigenvalue weighted by molar-refractivity contribution is 5.81. The van der Waals surface area contributed by atoms with Crippen molar-refractivity contribution in [3.05, 3.63) is 111 Å². The molecule has 0 amide bonds. The highest BCUT2D eigenvalue weighted by atomic mass is 17.2. The van der Waals surface area contributed by atoms with Crippen LogP contribution < -0.4 is 24.0 Å². The zero-order valence-electron chi connectivity index (χ0n) is 45.5. The minimum absolute atomic E-state index is 0.211. The van der Waals surface area contributed by atoms with Crippen LogP contribution >= 0.6 is 0 Å². The van der Waals surface area contributed by atoms with Gasteiger partial charge in [0.1, 0.15) is 23.0 Å². The number of aliphatic carboxylic acids is 1. The maximum absolute atomic E-state index is 11.0. The summed E-state index contributed by atoms with van der Waals surface area (Å²) in [7, 11) is 0. The number of benzene rings is 3. The predicted molar refractivity (Wildman–Crippen MR) is 294 cm³/mol. The maximum Gasteiger partial charge on any atom is 0.330 e. The third-order valence-corrected chi connectivity index (χ3v) is 12.9. The van der Waals surface area contributed by atoms with Crippen LogP contribution in [0.5, 0.6) is 34.5 Å². The van der Waals surface area contributed by atoms with E-state index in [2.05, 4.69) is 26.7 Å². The Morgan fingerprint density at radius 2 is 0.740 bits per heavy atom. The Morgan fingerprint density at radius 3 is 1.06 bits per heavy atom. The first-order valence-corrected chi connectivity index (χ1v) is 27.5. The van der Waals surface area contributed by atoms with Gasteiger partial charge in [-0.05, 0) is 206 Å². The smallest absolute Gasteiger partial charge is 0.330 e. The number of rotatable bonds is 36. The van der Waals surface area contributed by atoms with Crippen LogP contribution in [0.15, 0.2) is 111 Å². The van der Waals surface area contributed by atoms with Gasteiger partial charge in [0.05, 0.1) is 58.8 Å². The summed E-state index contributed by atoms with van der Waals surface area (Å²) in [5.74, 6) is 3.72. The Kier molecular flexibility index (Phi) is 35.0. The second-order valence-electron chi connectivity index (χ2n) is 19.3. The average molecular weight is 1080 g/mol. The molecule has 0 unspecified atom stereocenters. The highest BCUT2D eigenvalue weighted by Crippen LogP contribution is 2.30. The average Bonchev–Trinajstić information content (AvgIpc) is 3.45. The van der Waals surface area contributed by atoms with E-state index >= 15 is 0 Å². The first-order chi connectivity index (χ1) is 37.5. The number of hydrogen-bond acceptors (Lipinski definition) is 15. The molecule has 3 aromatic carbocycles. The number of phenolic OH excluding ortho intramolecular Hbond substituents is 1. The number of carboxylic acid groups (broad SMARTS) is 1. The van der Waals surface area contributed by atoms with Crippen LogP contribution in [0.25, 0.3) is 0 Å². The van der Waals surface area contributed by atoms with Crippen molar-refractivity contribution in [2.24, 2.45) is 23.7 Å². The van der Waals surface area contributed by atoms with Crippen molar-refractivity contribution >= 4 is 23.9 Å². The van der Waals surface area contributed by atoms with Crippen LogP contribution in [0.2, 0.25) is 0 Å². The minimum Gasteiger partial charge on any atom is -0.508 e. The Balaban J connectivity index is 0.000000312. The van der Waals surface area contributed by atoms with Crippen LogP contribution in [0.1, 0.15) is 135 Å². The van der Waals surface area contributed by atoms with Gasteiger partial charge in [0.2, 0.25) is 0 Å². The molecule has 2 saturated carbocycles. The molecule has 0 aliphatic heterocycles. The zero-order valence-corrected chi connectivity index (χ0v) is 45.5. The van der Waals surface area contributed by atoms with E-state index in [4.69, 9.17) is 58.2 Å². The molecule has 0 saturated heterocycles. The Morgan fingerprint density at radius 1 is 0.442 bits per heavy atom. The van der Waals surface area contributed by atoms with Gasteiger partial charge in [-0.3, -0.25) is 4.79 Å². The van der Waals surface area contributed by atoms with E-state index < -0.39 is 5.97 Å². The van der Waals surface area contributed by atoms with Crippen molar-refractivity contribution in [3.63, 3.8) is 0 Å². The van der Waals surface area contributed by atoms with Crippen LogP contribution in [0.4, 0.5) is 0 Å². The standard InChI is InChI=1S/C23H32O7.C23H34O5.C15H20O4/c1-2-22(24)28-16-6-4-3-5-15-27-20-11-13-21(14-12-20)30-29-17-18-7-9-19(10-8-18)23(25)26;1-3-23(24)26-17-7-5-4-6-16-25-21-12-14-22(15-13-21)28-27-18-20-10-8-19(2)9-11-20;1-2-15(17)19-12-6-4-3-5-11-18-14-9-7-13(16)8-10-14/h2,11-14,18-19H,1,3-10,15-17H2,(H,25,26);3,12-15,19-20H,1,4-11,16-18H2,2H3;2,7-10,16H,1,3-6,11-12H2. The molecule has 2 aliphatic carbocycles. The van der Waals surface area contributed by atoms with Gasteiger partial charge in [-0.1, -0.05) is 39.5 Å². The molecule has 0 radical (unpaired) electrons. The summed E-state index contributed by atoms with van der Waals surface area (Å²) >= 11 is 0. The number of aromatic hydroxyl groups is 1. The molecule has 2 N–H and O–H groups in total. The molecule has 2 fully saturated rings. The van der Waals surface area contributed by atoms with Crippen molar-refractivity contribution in [2.45, 2.75) is 135 Å². The van der Waals surface area contributed by atoms with Crippen molar-refractivity contribution in [3.8, 4) is 34.5 Å². The molecule has 0 atom stereocenters. The van der Waals surface area contributed by atoms with Crippen molar-refractivity contribution in [1.82, 2.24) is 0 Å². The summed E-state index contributed by atoms with van der Waals surface area (Å²) < 4.78 is 31.7. The predicted octanol–water partition coefficient (Wildman–Crippen LogP) is 13.1. The lowest BCUT2D eigenvalue weighted by Gasteiger charge is -2.25. The lowest BCUT2D eigenvalue weighted by Crippen LogP contribution is -2.24. The topological polar surface area (TPSA) is 201 Å². The van der Waals surface area contributed by atoms with Gasteiger partial charge >= 0.3 is 23.9 Å². The number of phenols is 1. The summed E-state index contributed by atoms with van der Waals surface area (Å²) in [5.41, 5.74) is 0. The molecular weight excluding hydrogens is 989 g/mol. The molecule has 3 aromatic rings. The van der Waals surface area contributed by atoms with Gasteiger partial charge in [0.15, 0.2) is 11.5 Å². The largest absolute Gasteiger partial charge is 0.508 e. The van der Waals surface area contributed by atoms with E-state index in [1.807, 2.05) is 36.4 Å². The maximum atomic E-state index is 11.0. The number of unbranched alkanes of at least 4 members (excludes halogenated alkanes) is 9. The van der Waals surface area contributed by atoms with E-state index in [-0.39, 0.29) is 29.6 Å². The molecule has 16 heteroatoms. The molecule has 0 spiro atoms. The van der Waals surface area contributed by atoms with E-state index in [1.165, 1.54) is 43.9 Å². The lowest BCUT2D eigenvalue weighted by molar-refractivity contribution is -0.218. The van der Waals surface area contributed by atoms with Gasteiger partial charge in [-0.15, -0.1) is 0 Å². The number of esters is 3. The fourth-order valence-electron chi connectivity index (χ4n) is 8.13. The van der Waals surface area contributed by atoms with Crippen LogP contribution in [0, 0.1) is 23.7 Å². The monoisotopic (exact) mass is 1070 g/mol. The fourth-order valence-corrected chi connectivity index (χ4v) is 8.13. The van der Waals surface area contributed by atoms with Crippen molar-refractivity contribution in [2.75, 3.05) is 52.9 Å². The quantitative estimate of drug-likeness (QED) is 0.0139. The van der Waals surface area contributed by atoms with Crippen LogP contribution in [-0.2, 0) is 43.2 Å². The molecule has 2 aliphatic rings. The summed E-state index contributed by atoms with van der Waals surface area (Å²) in [5, 5.41) is 18.1. The van der Waals surface area contributed by atoms with Gasteiger partial charge in [0, 0.05) is 18.2 Å². The molecule has 5 rings (SSSR count). The van der Waals surface area contributed by atoms with E-state index in [9.17, 15) is 19.2 Å². The summed E-state index contributed by atoms with van der Waals surface area (Å²) in [6.07, 6.45) is 23.2. The first kappa shape index (κ1) is 64.8. The van der Waals surface area contributed by atoms with Crippen LogP contribution in [-0.4, -0.2) is 86.9 Å². The van der Waals surface area contributed by atoms with Gasteiger partial charge < -0.3 is 48.4 Å². The highest BCUT2D eigenvalue weighted by Gasteiger charge is 2.26. The van der Waals surface area contributed by atoms with Gasteiger partial charge in [-0.25, -0.2) is 14.4 Å². The van der Waals surface area contributed by atoms with Gasteiger partial charge in [0.25, 0.3) is 0 Å². The van der Waals surface area contributed by atoms with E-state index in [0.717, 1.165) is 113 Å². The first-order valence-electron chi connectivity index (χ1n) is 27.5. The fraction of sp³-hybridized carbons (Fsp3) is 0.541. The molecule has 77 heavy (non-hydrogen) atoms. The number of carbonyl (C=O) groups is 4. The van der Waals surface area contributed by atoms with E-state index in [0.29, 0.717) is 89.0 Å². The molecule has 0 aromatic heterocycles. The van der Waals surface area contributed by atoms with Crippen molar-refractivity contribution < 1.29 is 77.4 Å². The lowest BCUT2D eigenvalue weighted by atomic mass is 9.82. The SMILES string of the molecule is C=CC(=O)OCCCCCCOc1ccc(O)cc1.C=CC(=O)OCCCCCCOc1ccc(OOCC2CCC(C(=O)O)CC2)cc1.C=CC(=O)OCCCCCCOc1ccc(OOCC2CCC(C)CC2)cc1. The molecule has 0 bridgehead atoms. The minimum atomic E-state index is -0.695. The third-order valence-electron chi connectivity index (χ3n) is 12.9. The number of ether oxygens (including phenoxy) is 6. The normalized spacial score (nSPS) is 16.5. The molecular formula is C61H86O16. The Labute approximate surface area is 456 Å². The number of hydrogen-bond donors (Lipinski definition) is 2. The summed E-state index contributed by atoms with van der Waals surface area (Å²) in [6.45, 7) is 16.8. The van der Waals surface area contributed by atoms with Crippen molar-refractivity contribution in [1.29, 1.82) is 0 Å². The number of carbonyl (C=O) groups excluding carboxylic acids is 3. The molecule has 426 valence electrons. The summed E-state index contributed by atoms with van der Waals surface area (Å²) in [4.78, 5) is 65.0. The Bertz CT molecular complexity index is 2060.